The summed E-state index contributed by atoms with van der Waals surface area (Å²) in [6, 6.07) is -0.691. The number of carbonyl (C=O) groups excluding carboxylic acids is 1. The Kier molecular flexibility index (Phi) is 3.64. The number of rotatable bonds is 6. The molecule has 4 rings (SSSR count). The number of nitrogens with one attached hydrogen (secondary N) is 1. The third-order valence-electron chi connectivity index (χ3n) is 5.59. The van der Waals surface area contributed by atoms with E-state index in [1.54, 1.807) is 24.2 Å². The Balaban J connectivity index is 1.64. The molecular formula is C16H21N3O6. The van der Waals surface area contributed by atoms with Crippen molar-refractivity contribution in [2.75, 3.05) is 13.7 Å². The van der Waals surface area contributed by atoms with E-state index in [0.29, 0.717) is 12.7 Å². The maximum atomic E-state index is 13.1. The molecule has 3 N–H and O–H groups in total. The van der Waals surface area contributed by atoms with E-state index in [9.17, 15) is 24.6 Å². The summed E-state index contributed by atoms with van der Waals surface area (Å²) in [6.07, 6.45) is 4.80. The van der Waals surface area contributed by atoms with E-state index in [1.807, 2.05) is 0 Å². The lowest BCUT2D eigenvalue weighted by Crippen LogP contribution is -2.66. The van der Waals surface area contributed by atoms with Crippen molar-refractivity contribution in [2.45, 2.75) is 43.1 Å². The standard InChI is InChI=1S/C16H21N3O6/c1-18(7-17-8-2-3-8)19-9(14(21)22)6-16-5-4-10(25-16)11(15(23)24)12(16)13(19)20/h4-5,8-12,17H,2-3,6-7H2,1H3,(H,21,22)(H,23,24). The quantitative estimate of drug-likeness (QED) is 0.423. The summed E-state index contributed by atoms with van der Waals surface area (Å²) in [5.74, 6) is -4.61. The zero-order valence-corrected chi connectivity index (χ0v) is 13.8. The summed E-state index contributed by atoms with van der Waals surface area (Å²) in [5, 5.41) is 25.2. The van der Waals surface area contributed by atoms with Gasteiger partial charge in [0.25, 0.3) is 0 Å². The van der Waals surface area contributed by atoms with Gasteiger partial charge in [0.05, 0.1) is 18.7 Å². The van der Waals surface area contributed by atoms with Crippen molar-refractivity contribution in [1.82, 2.24) is 15.3 Å². The van der Waals surface area contributed by atoms with Gasteiger partial charge in [-0.2, -0.15) is 0 Å². The smallest absolute Gasteiger partial charge is 0.328 e. The summed E-state index contributed by atoms with van der Waals surface area (Å²) in [5.41, 5.74) is -1.13. The van der Waals surface area contributed by atoms with Crippen molar-refractivity contribution in [3.05, 3.63) is 12.2 Å². The molecule has 25 heavy (non-hydrogen) atoms. The van der Waals surface area contributed by atoms with Gasteiger partial charge in [0.2, 0.25) is 5.91 Å². The molecule has 3 aliphatic heterocycles. The van der Waals surface area contributed by atoms with Crippen LogP contribution in [0.2, 0.25) is 0 Å². The van der Waals surface area contributed by atoms with Gasteiger partial charge in [-0.05, 0) is 12.8 Å². The Morgan fingerprint density at radius 3 is 2.72 bits per heavy atom. The number of piperidine rings is 1. The van der Waals surface area contributed by atoms with E-state index in [2.05, 4.69) is 5.32 Å². The second-order valence-corrected chi connectivity index (χ2v) is 7.27. The molecule has 0 aromatic heterocycles. The normalized spacial score (nSPS) is 39.1. The molecule has 3 fully saturated rings. The van der Waals surface area contributed by atoms with Crippen molar-refractivity contribution in [3.8, 4) is 0 Å². The van der Waals surface area contributed by atoms with Gasteiger partial charge in [-0.1, -0.05) is 12.2 Å². The Hall–Kier alpha value is -1.97. The van der Waals surface area contributed by atoms with E-state index in [1.165, 1.54) is 5.01 Å². The van der Waals surface area contributed by atoms with Gasteiger partial charge >= 0.3 is 11.9 Å². The van der Waals surface area contributed by atoms with Gasteiger partial charge < -0.3 is 20.3 Å². The van der Waals surface area contributed by atoms with Crippen LogP contribution in [-0.2, 0) is 19.1 Å². The maximum absolute atomic E-state index is 13.1. The minimum absolute atomic E-state index is 0.0449. The summed E-state index contributed by atoms with van der Waals surface area (Å²) in [6.45, 7) is 0.331. The predicted molar refractivity (Wildman–Crippen MR) is 83.0 cm³/mol. The van der Waals surface area contributed by atoms with E-state index < -0.39 is 47.4 Å². The van der Waals surface area contributed by atoms with Crippen molar-refractivity contribution >= 4 is 17.8 Å². The molecule has 4 aliphatic rings. The molecule has 5 unspecified atom stereocenters. The lowest BCUT2D eigenvalue weighted by Gasteiger charge is -2.47. The first-order valence-corrected chi connectivity index (χ1v) is 8.44. The molecule has 9 nitrogen and oxygen atoms in total. The van der Waals surface area contributed by atoms with Crippen LogP contribution in [0.5, 0.6) is 0 Å². The van der Waals surface area contributed by atoms with Crippen LogP contribution in [0.25, 0.3) is 0 Å². The second-order valence-electron chi connectivity index (χ2n) is 7.27. The minimum atomic E-state index is -1.13. The average molecular weight is 351 g/mol. The molecule has 0 aromatic carbocycles. The molecule has 3 heterocycles. The number of aliphatic carboxylic acids is 2. The van der Waals surface area contributed by atoms with Crippen LogP contribution in [-0.4, -0.2) is 75.6 Å². The summed E-state index contributed by atoms with van der Waals surface area (Å²) in [7, 11) is 1.64. The number of carboxylic acid groups (broad SMARTS) is 2. The highest BCUT2D eigenvalue weighted by atomic mass is 16.5. The van der Waals surface area contributed by atoms with E-state index in [0.717, 1.165) is 12.8 Å². The molecule has 1 saturated carbocycles. The second kappa shape index (κ2) is 5.52. The van der Waals surface area contributed by atoms with E-state index in [4.69, 9.17) is 4.74 Å². The number of amides is 1. The fourth-order valence-electron chi connectivity index (χ4n) is 4.25. The molecule has 5 atom stereocenters. The molecular weight excluding hydrogens is 330 g/mol. The number of hydrogen-bond acceptors (Lipinski definition) is 6. The summed E-state index contributed by atoms with van der Waals surface area (Å²) in [4.78, 5) is 36.6. The van der Waals surface area contributed by atoms with Gasteiger partial charge in [0.1, 0.15) is 17.6 Å². The van der Waals surface area contributed by atoms with Gasteiger partial charge in [-0.25, -0.2) is 9.80 Å². The monoisotopic (exact) mass is 351 g/mol. The Morgan fingerprint density at radius 1 is 1.40 bits per heavy atom. The number of fused-ring (bicyclic) bond motifs is 1. The highest BCUT2D eigenvalue weighted by Crippen LogP contribution is 2.53. The molecule has 136 valence electrons. The fraction of sp³-hybridized carbons (Fsp3) is 0.688. The molecule has 1 spiro atoms. The van der Waals surface area contributed by atoms with Crippen LogP contribution >= 0.6 is 0 Å². The number of hydrogen-bond donors (Lipinski definition) is 3. The van der Waals surface area contributed by atoms with Gasteiger partial charge in [-0.3, -0.25) is 14.6 Å². The van der Waals surface area contributed by atoms with Gasteiger partial charge in [0, 0.05) is 19.5 Å². The van der Waals surface area contributed by atoms with E-state index >= 15 is 0 Å². The summed E-state index contributed by atoms with van der Waals surface area (Å²) < 4.78 is 5.79. The number of hydrazine groups is 1. The van der Waals surface area contributed by atoms with Crippen LogP contribution in [0.15, 0.2) is 12.2 Å². The van der Waals surface area contributed by atoms with Crippen molar-refractivity contribution in [1.29, 1.82) is 0 Å². The molecule has 2 bridgehead atoms. The van der Waals surface area contributed by atoms with E-state index in [-0.39, 0.29) is 6.42 Å². The first-order valence-electron chi connectivity index (χ1n) is 8.44. The largest absolute Gasteiger partial charge is 0.481 e. The number of carboxylic acids is 2. The SMILES string of the molecule is CN(CNC1CC1)N1C(=O)C2C(C(=O)O)C3C=CC2(CC1C(=O)O)O3. The maximum Gasteiger partial charge on any atom is 0.328 e. The molecule has 1 amide bonds. The highest BCUT2D eigenvalue weighted by Gasteiger charge is 2.67. The van der Waals surface area contributed by atoms with Crippen LogP contribution in [0.1, 0.15) is 19.3 Å². The molecule has 1 aliphatic carbocycles. The van der Waals surface area contributed by atoms with Crippen LogP contribution < -0.4 is 5.32 Å². The Morgan fingerprint density at radius 2 is 2.12 bits per heavy atom. The Bertz CT molecular complexity index is 662. The van der Waals surface area contributed by atoms with Crippen LogP contribution in [0.3, 0.4) is 0 Å². The fourth-order valence-corrected chi connectivity index (χ4v) is 4.25. The average Bonchev–Trinajstić information content (AvgIpc) is 3.21. The van der Waals surface area contributed by atoms with Gasteiger partial charge in [0.15, 0.2) is 0 Å². The third-order valence-corrected chi connectivity index (χ3v) is 5.59. The number of ether oxygens (including phenoxy) is 1. The first kappa shape index (κ1) is 16.5. The highest BCUT2D eigenvalue weighted by molar-refractivity contribution is 5.92. The van der Waals surface area contributed by atoms with Crippen molar-refractivity contribution in [2.24, 2.45) is 11.8 Å². The predicted octanol–water partition coefficient (Wildman–Crippen LogP) is -0.747. The molecule has 0 radical (unpaired) electrons. The molecule has 2 saturated heterocycles. The first-order chi connectivity index (χ1) is 11.8. The van der Waals surface area contributed by atoms with Crippen LogP contribution in [0, 0.1) is 11.8 Å². The molecule has 0 aromatic rings. The molecule has 9 heteroatoms. The number of carbonyl (C=O) groups is 3. The lowest BCUT2D eigenvalue weighted by molar-refractivity contribution is -0.188. The summed E-state index contributed by atoms with van der Waals surface area (Å²) >= 11 is 0. The zero-order chi connectivity index (χ0) is 17.9. The van der Waals surface area contributed by atoms with Gasteiger partial charge in [-0.15, -0.1) is 0 Å². The topological polar surface area (TPSA) is 119 Å². The number of nitrogens with zero attached hydrogens (tertiary/aromatic N) is 2. The van der Waals surface area contributed by atoms with Crippen molar-refractivity contribution in [3.63, 3.8) is 0 Å². The zero-order valence-electron chi connectivity index (χ0n) is 13.8. The minimum Gasteiger partial charge on any atom is -0.481 e. The van der Waals surface area contributed by atoms with Crippen molar-refractivity contribution < 1.29 is 29.3 Å². The lowest BCUT2D eigenvalue weighted by atomic mass is 9.69. The third kappa shape index (κ3) is 2.45. The van der Waals surface area contributed by atoms with Crippen LogP contribution in [0.4, 0.5) is 0 Å². The Labute approximate surface area is 144 Å².